The Morgan fingerprint density at radius 1 is 1.38 bits per heavy atom. The van der Waals surface area contributed by atoms with Crippen LogP contribution in [0, 0.1) is 0 Å². The molecule has 1 aromatic heterocycles. The van der Waals surface area contributed by atoms with E-state index in [-0.39, 0.29) is 5.56 Å². The highest BCUT2D eigenvalue weighted by Gasteiger charge is 2.06. The summed E-state index contributed by atoms with van der Waals surface area (Å²) in [4.78, 5) is 18.7. The number of hydrogen-bond acceptors (Lipinski definition) is 4. The summed E-state index contributed by atoms with van der Waals surface area (Å²) in [6.07, 6.45) is 1.98. The highest BCUT2D eigenvalue weighted by Crippen LogP contribution is 2.14. The number of para-hydroxylation sites is 1. The summed E-state index contributed by atoms with van der Waals surface area (Å²) in [7, 11) is 0. The van der Waals surface area contributed by atoms with Gasteiger partial charge < -0.3 is 10.1 Å². The molecule has 2 N–H and O–H groups in total. The third-order valence-electron chi connectivity index (χ3n) is 2.84. The summed E-state index contributed by atoms with van der Waals surface area (Å²) in [6.45, 7) is 6.48. The number of ether oxygens (including phenoxy) is 1. The molecule has 1 aromatic carbocycles. The fourth-order valence-electron chi connectivity index (χ4n) is 1.73. The molecule has 110 valence electrons. The standard InChI is InChI=1S/C16H19N3O2/c1-3-4-10-21-12(2)14-11-15(20)19-16(18-14)17-13-8-6-5-7-9-13/h5-9,11H,2-4,10H2,1H3,(H2,17,18,19,20). The van der Waals surface area contributed by atoms with Gasteiger partial charge in [-0.2, -0.15) is 0 Å². The molecule has 0 amide bonds. The second kappa shape index (κ2) is 7.28. The first kappa shape index (κ1) is 14.8. The Morgan fingerprint density at radius 3 is 2.86 bits per heavy atom. The molecule has 21 heavy (non-hydrogen) atoms. The van der Waals surface area contributed by atoms with E-state index in [2.05, 4.69) is 28.8 Å². The molecule has 5 nitrogen and oxygen atoms in total. The molecule has 0 atom stereocenters. The molecule has 0 fully saturated rings. The van der Waals surface area contributed by atoms with Gasteiger partial charge in [-0.25, -0.2) is 4.98 Å². The van der Waals surface area contributed by atoms with Crippen LogP contribution < -0.4 is 10.9 Å². The van der Waals surface area contributed by atoms with Crippen molar-refractivity contribution in [2.45, 2.75) is 19.8 Å². The van der Waals surface area contributed by atoms with E-state index in [0.717, 1.165) is 18.5 Å². The maximum Gasteiger partial charge on any atom is 0.252 e. The van der Waals surface area contributed by atoms with Crippen molar-refractivity contribution in [3.8, 4) is 0 Å². The second-order valence-electron chi connectivity index (χ2n) is 4.60. The average molecular weight is 285 g/mol. The monoisotopic (exact) mass is 285 g/mol. The molecule has 0 radical (unpaired) electrons. The lowest BCUT2D eigenvalue weighted by Gasteiger charge is -2.10. The third-order valence-corrected chi connectivity index (χ3v) is 2.84. The maximum absolute atomic E-state index is 11.7. The van der Waals surface area contributed by atoms with Crippen molar-refractivity contribution in [2.75, 3.05) is 11.9 Å². The highest BCUT2D eigenvalue weighted by molar-refractivity contribution is 5.57. The van der Waals surface area contributed by atoms with Crippen LogP contribution in [0.3, 0.4) is 0 Å². The highest BCUT2D eigenvalue weighted by atomic mass is 16.5. The number of rotatable bonds is 7. The van der Waals surface area contributed by atoms with Crippen molar-refractivity contribution in [1.29, 1.82) is 0 Å². The number of nitrogens with zero attached hydrogens (tertiary/aromatic N) is 1. The van der Waals surface area contributed by atoms with Crippen molar-refractivity contribution < 1.29 is 4.74 Å². The Morgan fingerprint density at radius 2 is 2.14 bits per heavy atom. The van der Waals surface area contributed by atoms with Crippen LogP contribution in [0.4, 0.5) is 11.6 Å². The van der Waals surface area contributed by atoms with Gasteiger partial charge in [-0.05, 0) is 18.6 Å². The number of unbranched alkanes of at least 4 members (excludes halogenated alkanes) is 1. The van der Waals surface area contributed by atoms with Gasteiger partial charge in [-0.1, -0.05) is 38.1 Å². The van der Waals surface area contributed by atoms with Crippen LogP contribution in [0.25, 0.3) is 5.76 Å². The van der Waals surface area contributed by atoms with E-state index < -0.39 is 0 Å². The van der Waals surface area contributed by atoms with Crippen LogP contribution in [0.5, 0.6) is 0 Å². The number of anilines is 2. The molecule has 0 aliphatic carbocycles. The van der Waals surface area contributed by atoms with E-state index in [1.54, 1.807) is 0 Å². The molecule has 0 unspecified atom stereocenters. The minimum Gasteiger partial charge on any atom is -0.492 e. The lowest BCUT2D eigenvalue weighted by atomic mass is 10.3. The van der Waals surface area contributed by atoms with Gasteiger partial charge in [0, 0.05) is 11.8 Å². The third kappa shape index (κ3) is 4.49. The van der Waals surface area contributed by atoms with Gasteiger partial charge in [0.05, 0.1) is 6.61 Å². The maximum atomic E-state index is 11.7. The normalized spacial score (nSPS) is 10.1. The number of benzene rings is 1. The Balaban J connectivity index is 2.13. The van der Waals surface area contributed by atoms with Crippen LogP contribution in [0.2, 0.25) is 0 Å². The van der Waals surface area contributed by atoms with E-state index in [9.17, 15) is 4.79 Å². The summed E-state index contributed by atoms with van der Waals surface area (Å²) in [5, 5.41) is 3.04. The first-order valence-electron chi connectivity index (χ1n) is 6.94. The first-order valence-corrected chi connectivity index (χ1v) is 6.94. The van der Waals surface area contributed by atoms with Crippen molar-refractivity contribution in [2.24, 2.45) is 0 Å². The molecule has 0 spiro atoms. The van der Waals surface area contributed by atoms with E-state index >= 15 is 0 Å². The predicted molar refractivity (Wildman–Crippen MR) is 84.5 cm³/mol. The zero-order chi connectivity index (χ0) is 15.1. The summed E-state index contributed by atoms with van der Waals surface area (Å²) in [5.74, 6) is 0.773. The van der Waals surface area contributed by atoms with Crippen LogP contribution in [-0.2, 0) is 4.74 Å². The lowest BCUT2D eigenvalue weighted by molar-refractivity contribution is 0.270. The largest absolute Gasteiger partial charge is 0.492 e. The molecule has 1 heterocycles. The average Bonchev–Trinajstić information content (AvgIpc) is 2.48. The summed E-state index contributed by atoms with van der Waals surface area (Å²) >= 11 is 0. The van der Waals surface area contributed by atoms with Crippen molar-refractivity contribution in [3.63, 3.8) is 0 Å². The Hall–Kier alpha value is -2.56. The SMILES string of the molecule is C=C(OCCCC)c1cc(=O)[nH]c(Nc2ccccc2)n1. The minimum absolute atomic E-state index is 0.251. The molecular formula is C16H19N3O2. The predicted octanol–water partition coefficient (Wildman–Crippen LogP) is 3.30. The number of aromatic nitrogens is 2. The lowest BCUT2D eigenvalue weighted by Crippen LogP contribution is -2.12. The van der Waals surface area contributed by atoms with E-state index in [4.69, 9.17) is 4.74 Å². The van der Waals surface area contributed by atoms with Crippen LogP contribution in [0.15, 0.2) is 47.8 Å². The summed E-state index contributed by atoms with van der Waals surface area (Å²) in [5.41, 5.74) is 1.03. The Labute approximate surface area is 123 Å². The van der Waals surface area contributed by atoms with Gasteiger partial charge in [-0.3, -0.25) is 9.78 Å². The van der Waals surface area contributed by atoms with Crippen LogP contribution in [-0.4, -0.2) is 16.6 Å². The van der Waals surface area contributed by atoms with E-state index in [1.165, 1.54) is 6.07 Å². The van der Waals surface area contributed by atoms with E-state index in [0.29, 0.717) is 24.0 Å². The zero-order valence-electron chi connectivity index (χ0n) is 12.1. The first-order chi connectivity index (χ1) is 10.2. The molecule has 5 heteroatoms. The number of aromatic amines is 1. The Kier molecular flexibility index (Phi) is 5.15. The fourth-order valence-corrected chi connectivity index (χ4v) is 1.73. The van der Waals surface area contributed by atoms with Gasteiger partial charge >= 0.3 is 0 Å². The molecule has 0 bridgehead atoms. The molecule has 0 aliphatic heterocycles. The fraction of sp³-hybridized carbons (Fsp3) is 0.250. The molecule has 0 saturated carbocycles. The van der Waals surface area contributed by atoms with Gasteiger partial charge in [0.15, 0.2) is 0 Å². The smallest absolute Gasteiger partial charge is 0.252 e. The summed E-state index contributed by atoms with van der Waals surface area (Å²) < 4.78 is 5.49. The number of H-pyrrole nitrogens is 1. The number of nitrogens with one attached hydrogen (secondary N) is 2. The van der Waals surface area contributed by atoms with Crippen LogP contribution in [0.1, 0.15) is 25.5 Å². The molecule has 0 aliphatic rings. The minimum atomic E-state index is -0.251. The van der Waals surface area contributed by atoms with E-state index in [1.807, 2.05) is 30.3 Å². The quantitative estimate of drug-likeness (QED) is 0.605. The van der Waals surface area contributed by atoms with Gasteiger partial charge in [0.2, 0.25) is 5.95 Å². The summed E-state index contributed by atoms with van der Waals surface area (Å²) in [6, 6.07) is 10.9. The van der Waals surface area contributed by atoms with Crippen molar-refractivity contribution in [1.82, 2.24) is 9.97 Å². The topological polar surface area (TPSA) is 67.0 Å². The van der Waals surface area contributed by atoms with Crippen LogP contribution >= 0.6 is 0 Å². The molecule has 2 aromatic rings. The van der Waals surface area contributed by atoms with Gasteiger partial charge in [-0.15, -0.1) is 0 Å². The second-order valence-corrected chi connectivity index (χ2v) is 4.60. The number of hydrogen-bond donors (Lipinski definition) is 2. The van der Waals surface area contributed by atoms with Gasteiger partial charge in [0.1, 0.15) is 11.5 Å². The molecule has 0 saturated heterocycles. The molecular weight excluding hydrogens is 266 g/mol. The van der Waals surface area contributed by atoms with Crippen molar-refractivity contribution >= 4 is 17.4 Å². The Bertz CT molecular complexity index is 650. The van der Waals surface area contributed by atoms with Crippen molar-refractivity contribution in [3.05, 3.63) is 59.0 Å². The van der Waals surface area contributed by atoms with Gasteiger partial charge in [0.25, 0.3) is 5.56 Å². The zero-order valence-corrected chi connectivity index (χ0v) is 12.1. The molecule has 2 rings (SSSR count).